The molecule has 2 aromatic rings. The molecule has 0 saturated carbocycles. The molecule has 0 radical (unpaired) electrons. The van der Waals surface area contributed by atoms with E-state index >= 15 is 0 Å². The number of hydrogen-bond donors (Lipinski definition) is 1. The van der Waals surface area contributed by atoms with Gasteiger partial charge in [-0.3, -0.25) is 0 Å². The van der Waals surface area contributed by atoms with Gasteiger partial charge in [-0.2, -0.15) is 10.5 Å². The number of hydrogen-bond acceptors (Lipinski definition) is 8. The minimum Gasteiger partial charge on any atom is -0.466 e. The van der Waals surface area contributed by atoms with Crippen LogP contribution in [0.15, 0.2) is 46.1 Å². The van der Waals surface area contributed by atoms with Gasteiger partial charge in [0.1, 0.15) is 17.8 Å². The molecule has 1 aromatic carbocycles. The van der Waals surface area contributed by atoms with Gasteiger partial charge in [0.25, 0.3) is 0 Å². The average molecular weight is 393 g/mol. The summed E-state index contributed by atoms with van der Waals surface area (Å²) in [4.78, 5) is 25.1. The maximum Gasteiger partial charge on any atom is 0.337 e. The summed E-state index contributed by atoms with van der Waals surface area (Å²) < 4.78 is 10.6. The molecule has 0 spiro atoms. The number of fused-ring (bicyclic) bond motifs is 1. The molecule has 0 amide bonds. The van der Waals surface area contributed by atoms with Crippen molar-refractivity contribution in [1.29, 1.82) is 10.5 Å². The van der Waals surface area contributed by atoms with Crippen LogP contribution < -0.4 is 5.32 Å². The lowest BCUT2D eigenvalue weighted by atomic mass is 9.80. The quantitative estimate of drug-likeness (QED) is 0.798. The smallest absolute Gasteiger partial charge is 0.337 e. The summed E-state index contributed by atoms with van der Waals surface area (Å²) in [5.41, 5.74) is 1.79. The Morgan fingerprint density at radius 3 is 2.39 bits per heavy atom. The first kappa shape index (κ1) is 19.2. The molecule has 0 aliphatic carbocycles. The van der Waals surface area contributed by atoms with Gasteiger partial charge in [-0.25, -0.2) is 9.59 Å². The van der Waals surface area contributed by atoms with Crippen molar-refractivity contribution in [2.24, 2.45) is 0 Å². The largest absolute Gasteiger partial charge is 0.466 e. The van der Waals surface area contributed by atoms with Crippen LogP contribution in [0.3, 0.4) is 0 Å². The summed E-state index contributed by atoms with van der Waals surface area (Å²) in [6.07, 6.45) is 0. The molecule has 2 heterocycles. The Balaban J connectivity index is 2.37. The second-order valence-electron chi connectivity index (χ2n) is 5.97. The fourth-order valence-electron chi connectivity index (χ4n) is 3.33. The molecule has 0 bridgehead atoms. The van der Waals surface area contributed by atoms with Crippen molar-refractivity contribution < 1.29 is 19.1 Å². The van der Waals surface area contributed by atoms with Crippen molar-refractivity contribution in [3.63, 3.8) is 0 Å². The first-order valence-electron chi connectivity index (χ1n) is 8.17. The van der Waals surface area contributed by atoms with Crippen LogP contribution in [-0.4, -0.2) is 26.2 Å². The maximum absolute atomic E-state index is 12.6. The number of nitriles is 2. The van der Waals surface area contributed by atoms with Crippen LogP contribution in [0.25, 0.3) is 10.1 Å². The molecule has 1 N–H and O–H groups in total. The number of dihydropyridines is 1. The highest BCUT2D eigenvalue weighted by Crippen LogP contribution is 2.44. The Hall–Kier alpha value is -3.62. The maximum atomic E-state index is 12.6. The zero-order chi connectivity index (χ0) is 20.4. The Labute approximate surface area is 165 Å². The lowest BCUT2D eigenvalue weighted by molar-refractivity contribution is -0.137. The van der Waals surface area contributed by atoms with Gasteiger partial charge in [-0.15, -0.1) is 11.3 Å². The molecule has 1 aliphatic rings. The summed E-state index contributed by atoms with van der Waals surface area (Å²) >= 11 is 1.34. The Morgan fingerprint density at radius 1 is 1.11 bits per heavy atom. The molecule has 1 atom stereocenters. The lowest BCUT2D eigenvalue weighted by Gasteiger charge is -2.28. The molecule has 0 saturated heterocycles. The van der Waals surface area contributed by atoms with Gasteiger partial charge in [0.15, 0.2) is 0 Å². The third-order valence-electron chi connectivity index (χ3n) is 4.55. The van der Waals surface area contributed by atoms with E-state index in [1.54, 1.807) is 24.4 Å². The van der Waals surface area contributed by atoms with Crippen LogP contribution >= 0.6 is 11.3 Å². The summed E-state index contributed by atoms with van der Waals surface area (Å²) in [7, 11) is 2.46. The molecule has 1 unspecified atom stereocenters. The zero-order valence-corrected chi connectivity index (χ0v) is 16.1. The summed E-state index contributed by atoms with van der Waals surface area (Å²) in [5.74, 6) is -2.21. The van der Waals surface area contributed by atoms with Gasteiger partial charge in [0.05, 0.1) is 41.5 Å². The third-order valence-corrected chi connectivity index (χ3v) is 5.59. The van der Waals surface area contributed by atoms with E-state index in [1.165, 1.54) is 25.6 Å². The predicted molar refractivity (Wildman–Crippen MR) is 102 cm³/mol. The molecule has 7 nitrogen and oxygen atoms in total. The van der Waals surface area contributed by atoms with Crippen LogP contribution in [0.4, 0.5) is 0 Å². The number of methoxy groups -OCH3 is 2. The first-order valence-corrected chi connectivity index (χ1v) is 9.05. The second-order valence-corrected chi connectivity index (χ2v) is 6.85. The molecule has 0 fully saturated rings. The van der Waals surface area contributed by atoms with E-state index in [4.69, 9.17) is 9.47 Å². The summed E-state index contributed by atoms with van der Waals surface area (Å²) in [6, 6.07) is 9.37. The SMILES string of the molecule is COC(=O)C1=C(C)NC(C#N)=C(C(=O)OC)C1c1csc2c(C#N)cccc12. The van der Waals surface area contributed by atoms with E-state index < -0.39 is 17.9 Å². The molecule has 140 valence electrons. The normalized spacial score (nSPS) is 16.2. The van der Waals surface area contributed by atoms with Crippen LogP contribution in [0.5, 0.6) is 0 Å². The number of carbonyl (C=O) groups is 2. The molecule has 1 aromatic heterocycles. The molecule has 28 heavy (non-hydrogen) atoms. The number of allylic oxidation sites excluding steroid dienone is 2. The standard InChI is InChI=1S/C20H15N3O4S/c1-10-15(19(24)26-2)16(17(20(25)27-3)14(8-22)23-10)13-9-28-18-11(7-21)5-4-6-12(13)18/h4-6,9,16,23H,1-3H3. The molecule has 3 rings (SSSR count). The van der Waals surface area contributed by atoms with Gasteiger partial charge in [0, 0.05) is 5.70 Å². The molecular weight excluding hydrogens is 378 g/mol. The molecule has 8 heteroatoms. The Bertz CT molecular complexity index is 1140. The number of ether oxygens (including phenoxy) is 2. The number of thiophene rings is 1. The lowest BCUT2D eigenvalue weighted by Crippen LogP contribution is -2.32. The zero-order valence-electron chi connectivity index (χ0n) is 15.3. The molecular formula is C20H15N3O4S. The van der Waals surface area contributed by atoms with Crippen molar-refractivity contribution in [3.8, 4) is 12.1 Å². The monoisotopic (exact) mass is 393 g/mol. The fourth-order valence-corrected chi connectivity index (χ4v) is 4.39. The van der Waals surface area contributed by atoms with Gasteiger partial charge < -0.3 is 14.8 Å². The Kier molecular flexibility index (Phi) is 5.16. The average Bonchev–Trinajstić information content (AvgIpc) is 3.15. The first-order chi connectivity index (χ1) is 13.5. The van der Waals surface area contributed by atoms with Gasteiger partial charge in [-0.1, -0.05) is 12.1 Å². The van der Waals surface area contributed by atoms with Gasteiger partial charge in [0.2, 0.25) is 0 Å². The fraction of sp³-hybridized carbons (Fsp3) is 0.200. The number of rotatable bonds is 3. The van der Waals surface area contributed by atoms with Crippen LogP contribution in [0.1, 0.15) is 24.0 Å². The second kappa shape index (κ2) is 7.55. The van der Waals surface area contributed by atoms with Crippen LogP contribution in [-0.2, 0) is 19.1 Å². The number of nitrogens with zero attached hydrogens (tertiary/aromatic N) is 2. The van der Waals surface area contributed by atoms with E-state index in [1.807, 2.05) is 12.1 Å². The summed E-state index contributed by atoms with van der Waals surface area (Å²) in [6.45, 7) is 1.64. The van der Waals surface area contributed by atoms with Crippen LogP contribution in [0.2, 0.25) is 0 Å². The van der Waals surface area contributed by atoms with E-state index in [9.17, 15) is 20.1 Å². The van der Waals surface area contributed by atoms with E-state index in [2.05, 4.69) is 11.4 Å². The van der Waals surface area contributed by atoms with Crippen molar-refractivity contribution in [1.82, 2.24) is 5.32 Å². The topological polar surface area (TPSA) is 112 Å². The molecule has 1 aliphatic heterocycles. The van der Waals surface area contributed by atoms with Crippen molar-refractivity contribution >= 4 is 33.4 Å². The van der Waals surface area contributed by atoms with Gasteiger partial charge >= 0.3 is 11.9 Å². The van der Waals surface area contributed by atoms with E-state index in [-0.39, 0.29) is 16.8 Å². The number of nitrogens with one attached hydrogen (secondary N) is 1. The highest BCUT2D eigenvalue weighted by atomic mass is 32.1. The van der Waals surface area contributed by atoms with Crippen LogP contribution in [0, 0.1) is 22.7 Å². The van der Waals surface area contributed by atoms with Crippen molar-refractivity contribution in [2.45, 2.75) is 12.8 Å². The van der Waals surface area contributed by atoms with E-state index in [0.29, 0.717) is 16.8 Å². The minimum atomic E-state index is -0.863. The van der Waals surface area contributed by atoms with Crippen molar-refractivity contribution in [2.75, 3.05) is 14.2 Å². The number of carbonyl (C=O) groups excluding carboxylic acids is 2. The Morgan fingerprint density at radius 2 is 1.79 bits per heavy atom. The highest BCUT2D eigenvalue weighted by Gasteiger charge is 2.40. The summed E-state index contributed by atoms with van der Waals surface area (Å²) in [5, 5.41) is 24.2. The number of benzene rings is 1. The van der Waals surface area contributed by atoms with Crippen molar-refractivity contribution in [3.05, 3.63) is 57.2 Å². The predicted octanol–water partition coefficient (Wildman–Crippen LogP) is 2.86. The minimum absolute atomic E-state index is 0.0118. The third kappa shape index (κ3) is 2.90. The number of esters is 2. The highest BCUT2D eigenvalue weighted by molar-refractivity contribution is 7.17. The van der Waals surface area contributed by atoms with E-state index in [0.717, 1.165) is 10.1 Å². The van der Waals surface area contributed by atoms with Gasteiger partial charge in [-0.05, 0) is 29.3 Å².